The molecule has 1 aliphatic heterocycles. The van der Waals surface area contributed by atoms with Crippen LogP contribution in [0.2, 0.25) is 5.02 Å². The first-order valence-corrected chi connectivity index (χ1v) is 11.3. The number of fused-ring (bicyclic) bond motifs is 1. The largest absolute Gasteiger partial charge is 0.467 e. The lowest BCUT2D eigenvalue weighted by Crippen LogP contribution is -2.13. The summed E-state index contributed by atoms with van der Waals surface area (Å²) in [6, 6.07) is 22.3. The van der Waals surface area contributed by atoms with Crippen LogP contribution in [0.5, 0.6) is 5.75 Å². The highest BCUT2D eigenvalue weighted by Crippen LogP contribution is 2.36. The Morgan fingerprint density at radius 2 is 1.84 bits per heavy atom. The summed E-state index contributed by atoms with van der Waals surface area (Å²) < 4.78 is 13.3. The molecule has 0 aliphatic carbocycles. The molecule has 0 saturated heterocycles. The summed E-state index contributed by atoms with van der Waals surface area (Å²) in [5.41, 5.74) is 5.24. The van der Waals surface area contributed by atoms with Gasteiger partial charge in [0.05, 0.1) is 6.61 Å². The quantitative estimate of drug-likeness (QED) is 0.347. The lowest BCUT2D eigenvalue weighted by Gasteiger charge is -2.21. The molecular formula is C24H20ClN3O2S. The molecule has 2 heterocycles. The number of aryl methyl sites for hydroxylation is 1. The zero-order valence-electron chi connectivity index (χ0n) is 16.9. The first-order valence-electron chi connectivity index (χ1n) is 9.91. The van der Waals surface area contributed by atoms with Gasteiger partial charge in [-0.15, -0.1) is 10.2 Å². The van der Waals surface area contributed by atoms with Crippen LogP contribution < -0.4 is 4.74 Å². The summed E-state index contributed by atoms with van der Waals surface area (Å²) >= 11 is 7.94. The van der Waals surface area contributed by atoms with Gasteiger partial charge < -0.3 is 9.47 Å². The van der Waals surface area contributed by atoms with Crippen molar-refractivity contribution >= 4 is 23.4 Å². The molecule has 0 amide bonds. The van der Waals surface area contributed by atoms with Crippen LogP contribution in [0.3, 0.4) is 0 Å². The Morgan fingerprint density at radius 3 is 2.65 bits per heavy atom. The van der Waals surface area contributed by atoms with E-state index in [1.807, 2.05) is 42.5 Å². The van der Waals surface area contributed by atoms with Crippen molar-refractivity contribution in [2.24, 2.45) is 0 Å². The van der Waals surface area contributed by atoms with Crippen molar-refractivity contribution in [3.63, 3.8) is 0 Å². The summed E-state index contributed by atoms with van der Waals surface area (Å²) in [4.78, 5) is 0. The van der Waals surface area contributed by atoms with E-state index < -0.39 is 0 Å². The number of nitrogens with zero attached hydrogens (tertiary/aromatic N) is 3. The van der Waals surface area contributed by atoms with E-state index in [9.17, 15) is 0 Å². The lowest BCUT2D eigenvalue weighted by atomic mass is 10.1. The monoisotopic (exact) mass is 449 g/mol. The Hall–Kier alpha value is -2.80. The summed E-state index contributed by atoms with van der Waals surface area (Å²) in [6.45, 7) is 2.84. The number of ether oxygens (including phenoxy) is 2. The lowest BCUT2D eigenvalue weighted by molar-refractivity contribution is -0.0168. The van der Waals surface area contributed by atoms with Crippen molar-refractivity contribution in [2.75, 3.05) is 6.79 Å². The van der Waals surface area contributed by atoms with E-state index in [-0.39, 0.29) is 6.79 Å². The van der Waals surface area contributed by atoms with Crippen molar-refractivity contribution in [1.29, 1.82) is 0 Å². The minimum absolute atomic E-state index is 0.254. The predicted octanol–water partition coefficient (Wildman–Crippen LogP) is 6.05. The second kappa shape index (κ2) is 8.75. The Labute approximate surface area is 190 Å². The minimum atomic E-state index is 0.254. The SMILES string of the molecule is Cc1ccc(-n2c(SCc3cc(Cl)cc4c3OCOC4)nnc2-c2ccccc2)cc1. The zero-order valence-corrected chi connectivity index (χ0v) is 18.5. The molecule has 0 atom stereocenters. The molecular weight excluding hydrogens is 430 g/mol. The highest BCUT2D eigenvalue weighted by atomic mass is 35.5. The highest BCUT2D eigenvalue weighted by molar-refractivity contribution is 7.98. The Morgan fingerprint density at radius 1 is 1.03 bits per heavy atom. The molecule has 0 spiro atoms. The van der Waals surface area contributed by atoms with Crippen LogP contribution in [0.4, 0.5) is 0 Å². The van der Waals surface area contributed by atoms with Crippen LogP contribution in [-0.2, 0) is 17.1 Å². The maximum atomic E-state index is 6.34. The normalized spacial score (nSPS) is 13.0. The van der Waals surface area contributed by atoms with Crippen LogP contribution in [0.25, 0.3) is 17.1 Å². The van der Waals surface area contributed by atoms with Gasteiger partial charge in [-0.05, 0) is 31.2 Å². The van der Waals surface area contributed by atoms with Crippen LogP contribution in [0.1, 0.15) is 16.7 Å². The number of thioether (sulfide) groups is 1. The van der Waals surface area contributed by atoms with Crippen molar-refractivity contribution in [2.45, 2.75) is 24.4 Å². The molecule has 31 heavy (non-hydrogen) atoms. The molecule has 0 fully saturated rings. The average molecular weight is 450 g/mol. The average Bonchev–Trinajstić information content (AvgIpc) is 3.22. The fourth-order valence-corrected chi connectivity index (χ4v) is 4.75. The van der Waals surface area contributed by atoms with E-state index in [4.69, 9.17) is 21.1 Å². The van der Waals surface area contributed by atoms with Crippen LogP contribution in [0.15, 0.2) is 71.9 Å². The van der Waals surface area contributed by atoms with Gasteiger partial charge in [0.15, 0.2) is 17.8 Å². The van der Waals surface area contributed by atoms with Gasteiger partial charge in [-0.3, -0.25) is 4.57 Å². The zero-order chi connectivity index (χ0) is 21.2. The van der Waals surface area contributed by atoms with Crippen LogP contribution in [0, 0.1) is 6.92 Å². The molecule has 4 aromatic rings. The standard InChI is InChI=1S/C24H20ClN3O2S/c1-16-7-9-21(10-8-16)28-23(17-5-3-2-4-6-17)26-27-24(28)31-14-19-12-20(25)11-18-13-29-15-30-22(18)19/h2-12H,13-15H2,1H3. The number of benzene rings is 3. The molecule has 5 nitrogen and oxygen atoms in total. The fourth-order valence-electron chi connectivity index (χ4n) is 3.57. The maximum Gasteiger partial charge on any atom is 0.196 e. The van der Waals surface area contributed by atoms with E-state index in [1.54, 1.807) is 11.8 Å². The number of hydrogen-bond donors (Lipinski definition) is 0. The molecule has 0 saturated carbocycles. The number of aromatic nitrogens is 3. The van der Waals surface area contributed by atoms with Gasteiger partial charge in [0.25, 0.3) is 0 Å². The number of halogens is 1. The fraction of sp³-hybridized carbons (Fsp3) is 0.167. The molecule has 0 N–H and O–H groups in total. The molecule has 0 bridgehead atoms. The second-order valence-electron chi connectivity index (χ2n) is 7.30. The van der Waals surface area contributed by atoms with Gasteiger partial charge in [0, 0.05) is 33.2 Å². The van der Waals surface area contributed by atoms with Gasteiger partial charge in [-0.1, -0.05) is 71.4 Å². The maximum absolute atomic E-state index is 6.34. The molecule has 5 rings (SSSR count). The molecule has 0 radical (unpaired) electrons. The summed E-state index contributed by atoms with van der Waals surface area (Å²) in [5.74, 6) is 2.32. The molecule has 1 aliphatic rings. The summed E-state index contributed by atoms with van der Waals surface area (Å²) in [7, 11) is 0. The number of hydrogen-bond acceptors (Lipinski definition) is 5. The van der Waals surface area contributed by atoms with Gasteiger partial charge in [-0.25, -0.2) is 0 Å². The van der Waals surface area contributed by atoms with Gasteiger partial charge >= 0.3 is 0 Å². The Kier molecular flexibility index (Phi) is 5.68. The third kappa shape index (κ3) is 4.19. The van der Waals surface area contributed by atoms with E-state index in [0.717, 1.165) is 39.1 Å². The molecule has 1 aromatic heterocycles. The summed E-state index contributed by atoms with van der Waals surface area (Å²) in [5, 5.41) is 10.5. The smallest absolute Gasteiger partial charge is 0.196 e. The second-order valence-corrected chi connectivity index (χ2v) is 8.67. The van der Waals surface area contributed by atoms with E-state index >= 15 is 0 Å². The third-order valence-corrected chi connectivity index (χ3v) is 6.26. The van der Waals surface area contributed by atoms with Crippen LogP contribution >= 0.6 is 23.4 Å². The van der Waals surface area contributed by atoms with Gasteiger partial charge in [0.1, 0.15) is 5.75 Å². The summed E-state index contributed by atoms with van der Waals surface area (Å²) in [6.07, 6.45) is 0. The topological polar surface area (TPSA) is 49.2 Å². The minimum Gasteiger partial charge on any atom is -0.467 e. The Bertz CT molecular complexity index is 1210. The number of rotatable bonds is 5. The molecule has 156 valence electrons. The van der Waals surface area contributed by atoms with Crippen molar-refractivity contribution < 1.29 is 9.47 Å². The molecule has 0 unspecified atom stereocenters. The Balaban J connectivity index is 1.52. The van der Waals surface area contributed by atoms with Gasteiger partial charge in [0.2, 0.25) is 0 Å². The predicted molar refractivity (Wildman–Crippen MR) is 123 cm³/mol. The van der Waals surface area contributed by atoms with E-state index in [0.29, 0.717) is 17.4 Å². The first-order chi connectivity index (χ1) is 15.2. The molecule has 7 heteroatoms. The van der Waals surface area contributed by atoms with Gasteiger partial charge in [-0.2, -0.15) is 0 Å². The van der Waals surface area contributed by atoms with Crippen molar-refractivity contribution in [3.8, 4) is 22.8 Å². The first kappa shape index (κ1) is 20.1. The van der Waals surface area contributed by atoms with Crippen LogP contribution in [-0.4, -0.2) is 21.6 Å². The third-order valence-electron chi connectivity index (χ3n) is 5.07. The van der Waals surface area contributed by atoms with E-state index in [1.165, 1.54) is 5.56 Å². The van der Waals surface area contributed by atoms with Crippen molar-refractivity contribution in [3.05, 3.63) is 88.4 Å². The van der Waals surface area contributed by atoms with Crippen molar-refractivity contribution in [1.82, 2.24) is 14.8 Å². The molecule has 3 aromatic carbocycles. The highest BCUT2D eigenvalue weighted by Gasteiger charge is 2.20. The van der Waals surface area contributed by atoms with E-state index in [2.05, 4.69) is 46.0 Å².